The second-order valence-electron chi connectivity index (χ2n) is 7.13. The molecule has 1 amide bonds. The molecule has 1 aliphatic carbocycles. The van der Waals surface area contributed by atoms with Crippen LogP contribution in [0, 0.1) is 18.7 Å². The number of aromatic hydroxyl groups is 1. The van der Waals surface area contributed by atoms with Gasteiger partial charge in [0, 0.05) is 30.6 Å². The van der Waals surface area contributed by atoms with Crippen molar-refractivity contribution in [1.29, 1.82) is 0 Å². The standard InChI is InChI=1S/C20H19FN4O3/c1-10-18-14(20(28)22-9-11-2-4-13(26)6-11)8-16(23-19(18)25-24-10)12-3-5-17(27)15(21)7-12/h3,5,7-8,11,27H,2,4,6,9H2,1H3,(H,22,28)(H,23,24,25). The van der Waals surface area contributed by atoms with Crippen molar-refractivity contribution in [3.05, 3.63) is 41.3 Å². The number of rotatable bonds is 4. The number of carbonyl (C=O) groups excluding carboxylic acids is 2. The number of pyridine rings is 1. The molecular weight excluding hydrogens is 363 g/mol. The molecule has 144 valence electrons. The van der Waals surface area contributed by atoms with E-state index in [-0.39, 0.29) is 17.6 Å². The number of amides is 1. The number of hydrogen-bond donors (Lipinski definition) is 3. The molecule has 1 aliphatic rings. The van der Waals surface area contributed by atoms with Crippen LogP contribution >= 0.6 is 0 Å². The van der Waals surface area contributed by atoms with Crippen LogP contribution in [0.2, 0.25) is 0 Å². The number of halogens is 1. The van der Waals surface area contributed by atoms with Crippen LogP contribution in [0.15, 0.2) is 24.3 Å². The van der Waals surface area contributed by atoms with Gasteiger partial charge >= 0.3 is 0 Å². The number of benzene rings is 1. The molecule has 2 aromatic heterocycles. The maximum absolute atomic E-state index is 13.8. The van der Waals surface area contributed by atoms with Crippen LogP contribution < -0.4 is 5.32 Å². The summed E-state index contributed by atoms with van der Waals surface area (Å²) >= 11 is 0. The highest BCUT2D eigenvalue weighted by Crippen LogP contribution is 2.28. The van der Waals surface area contributed by atoms with Gasteiger partial charge in [0.15, 0.2) is 17.2 Å². The lowest BCUT2D eigenvalue weighted by Crippen LogP contribution is -2.28. The highest BCUT2D eigenvalue weighted by atomic mass is 19.1. The van der Waals surface area contributed by atoms with E-state index in [0.29, 0.717) is 52.9 Å². The number of phenolic OH excluding ortho intramolecular Hbond substituents is 1. The molecule has 1 unspecified atom stereocenters. The first-order valence-corrected chi connectivity index (χ1v) is 9.07. The van der Waals surface area contributed by atoms with Gasteiger partial charge in [0.2, 0.25) is 0 Å². The van der Waals surface area contributed by atoms with Gasteiger partial charge in [-0.2, -0.15) is 5.10 Å². The molecule has 1 saturated carbocycles. The number of aromatic nitrogens is 3. The summed E-state index contributed by atoms with van der Waals surface area (Å²) in [7, 11) is 0. The first-order valence-electron chi connectivity index (χ1n) is 9.07. The van der Waals surface area contributed by atoms with Crippen LogP contribution in [-0.4, -0.2) is 38.5 Å². The summed E-state index contributed by atoms with van der Waals surface area (Å²) < 4.78 is 13.8. The van der Waals surface area contributed by atoms with Crippen molar-refractivity contribution in [2.24, 2.45) is 5.92 Å². The second-order valence-corrected chi connectivity index (χ2v) is 7.13. The molecule has 1 atom stereocenters. The van der Waals surface area contributed by atoms with Gasteiger partial charge in [0.25, 0.3) is 5.91 Å². The van der Waals surface area contributed by atoms with Gasteiger partial charge in [-0.05, 0) is 43.5 Å². The Morgan fingerprint density at radius 3 is 2.93 bits per heavy atom. The van der Waals surface area contributed by atoms with E-state index < -0.39 is 11.6 Å². The fourth-order valence-electron chi connectivity index (χ4n) is 3.57. The third kappa shape index (κ3) is 3.33. The fraction of sp³-hybridized carbons (Fsp3) is 0.300. The minimum absolute atomic E-state index is 0.157. The van der Waals surface area contributed by atoms with E-state index in [9.17, 15) is 19.1 Å². The van der Waals surface area contributed by atoms with Crippen LogP contribution in [0.1, 0.15) is 35.3 Å². The van der Waals surface area contributed by atoms with Crippen LogP contribution in [-0.2, 0) is 4.79 Å². The number of nitrogens with one attached hydrogen (secondary N) is 2. The van der Waals surface area contributed by atoms with Crippen molar-refractivity contribution in [1.82, 2.24) is 20.5 Å². The summed E-state index contributed by atoms with van der Waals surface area (Å²) in [5.41, 5.74) is 2.23. The van der Waals surface area contributed by atoms with Crippen LogP contribution in [0.25, 0.3) is 22.3 Å². The van der Waals surface area contributed by atoms with Gasteiger partial charge in [-0.15, -0.1) is 0 Å². The molecule has 1 fully saturated rings. The van der Waals surface area contributed by atoms with E-state index in [1.165, 1.54) is 12.1 Å². The Hall–Kier alpha value is -3.29. The van der Waals surface area contributed by atoms with Crippen molar-refractivity contribution in [2.75, 3.05) is 6.54 Å². The van der Waals surface area contributed by atoms with Gasteiger partial charge in [-0.25, -0.2) is 9.37 Å². The number of aromatic amines is 1. The third-order valence-corrected chi connectivity index (χ3v) is 5.09. The lowest BCUT2D eigenvalue weighted by Gasteiger charge is -2.12. The number of fused-ring (bicyclic) bond motifs is 1. The van der Waals surface area contributed by atoms with Gasteiger partial charge in [0.05, 0.1) is 16.6 Å². The number of phenols is 1. The second kappa shape index (κ2) is 7.03. The van der Waals surface area contributed by atoms with Crippen molar-refractivity contribution in [3.63, 3.8) is 0 Å². The zero-order valence-electron chi connectivity index (χ0n) is 15.3. The zero-order chi connectivity index (χ0) is 19.8. The normalized spacial score (nSPS) is 16.6. The third-order valence-electron chi connectivity index (χ3n) is 5.09. The molecule has 28 heavy (non-hydrogen) atoms. The molecule has 7 nitrogen and oxygen atoms in total. The summed E-state index contributed by atoms with van der Waals surface area (Å²) in [4.78, 5) is 28.7. The molecule has 0 bridgehead atoms. The Balaban J connectivity index is 1.69. The molecule has 1 aromatic carbocycles. The Labute approximate surface area is 160 Å². The molecule has 0 saturated heterocycles. The topological polar surface area (TPSA) is 108 Å². The van der Waals surface area contributed by atoms with Gasteiger partial charge < -0.3 is 10.4 Å². The smallest absolute Gasteiger partial charge is 0.252 e. The Bertz CT molecular complexity index is 1090. The molecule has 0 radical (unpaired) electrons. The molecule has 0 aliphatic heterocycles. The van der Waals surface area contributed by atoms with E-state index in [0.717, 1.165) is 12.5 Å². The van der Waals surface area contributed by atoms with E-state index >= 15 is 0 Å². The molecule has 0 spiro atoms. The predicted octanol–water partition coefficient (Wildman–Crippen LogP) is 2.88. The van der Waals surface area contributed by atoms with Gasteiger partial charge in [-0.3, -0.25) is 14.7 Å². The summed E-state index contributed by atoms with van der Waals surface area (Å²) in [6, 6.07) is 5.52. The average Bonchev–Trinajstić information content (AvgIpc) is 3.27. The number of ketones is 1. The van der Waals surface area contributed by atoms with Crippen LogP contribution in [0.3, 0.4) is 0 Å². The molecule has 3 aromatic rings. The Morgan fingerprint density at radius 2 is 2.21 bits per heavy atom. The summed E-state index contributed by atoms with van der Waals surface area (Å²) in [6.07, 6.45) is 1.85. The van der Waals surface area contributed by atoms with Gasteiger partial charge in [0.1, 0.15) is 5.78 Å². The van der Waals surface area contributed by atoms with Crippen LogP contribution in [0.4, 0.5) is 4.39 Å². The maximum Gasteiger partial charge on any atom is 0.252 e. The zero-order valence-corrected chi connectivity index (χ0v) is 15.3. The lowest BCUT2D eigenvalue weighted by molar-refractivity contribution is -0.117. The number of carbonyl (C=O) groups is 2. The molecule has 3 N–H and O–H groups in total. The number of H-pyrrole nitrogens is 1. The summed E-state index contributed by atoms with van der Waals surface area (Å²) in [6.45, 7) is 2.22. The molecule has 4 rings (SSSR count). The van der Waals surface area contributed by atoms with Crippen molar-refractivity contribution < 1.29 is 19.1 Å². The van der Waals surface area contributed by atoms with Crippen molar-refractivity contribution in [3.8, 4) is 17.0 Å². The van der Waals surface area contributed by atoms with Crippen molar-refractivity contribution in [2.45, 2.75) is 26.2 Å². The SMILES string of the molecule is Cc1[nH]nc2nc(-c3ccc(O)c(F)c3)cc(C(=O)NCC3CCC(=O)C3)c12. The summed E-state index contributed by atoms with van der Waals surface area (Å²) in [5.74, 6) is -1.13. The minimum atomic E-state index is -0.769. The molecule has 2 heterocycles. The Kier molecular flexibility index (Phi) is 4.54. The highest BCUT2D eigenvalue weighted by molar-refractivity contribution is 6.07. The van der Waals surface area contributed by atoms with E-state index in [1.54, 1.807) is 13.0 Å². The molecular formula is C20H19FN4O3. The average molecular weight is 382 g/mol. The first-order chi connectivity index (χ1) is 13.4. The fourth-order valence-corrected chi connectivity index (χ4v) is 3.57. The van der Waals surface area contributed by atoms with E-state index in [1.807, 2.05) is 0 Å². The number of hydrogen-bond acceptors (Lipinski definition) is 5. The first kappa shape index (κ1) is 18.1. The maximum atomic E-state index is 13.8. The number of Topliss-reactive ketones (excluding diaryl/α,β-unsaturated/α-hetero) is 1. The summed E-state index contributed by atoms with van der Waals surface area (Å²) in [5, 5.41) is 19.8. The molecule has 8 heteroatoms. The van der Waals surface area contributed by atoms with Crippen molar-refractivity contribution >= 4 is 22.7 Å². The number of nitrogens with zero attached hydrogens (tertiary/aromatic N) is 2. The largest absolute Gasteiger partial charge is 0.505 e. The monoisotopic (exact) mass is 382 g/mol. The van der Waals surface area contributed by atoms with Crippen LogP contribution in [0.5, 0.6) is 5.75 Å². The Morgan fingerprint density at radius 1 is 1.39 bits per heavy atom. The predicted molar refractivity (Wildman–Crippen MR) is 100 cm³/mol. The van der Waals surface area contributed by atoms with E-state index in [2.05, 4.69) is 20.5 Å². The lowest BCUT2D eigenvalue weighted by atomic mass is 10.0. The minimum Gasteiger partial charge on any atom is -0.505 e. The number of aryl methyl sites for hydroxylation is 1. The quantitative estimate of drug-likeness (QED) is 0.643. The van der Waals surface area contributed by atoms with E-state index in [4.69, 9.17) is 0 Å². The van der Waals surface area contributed by atoms with Gasteiger partial charge in [-0.1, -0.05) is 0 Å². The highest BCUT2D eigenvalue weighted by Gasteiger charge is 2.24.